The molecule has 0 amide bonds. The van der Waals surface area contributed by atoms with Gasteiger partial charge in [0.2, 0.25) is 0 Å². The summed E-state index contributed by atoms with van der Waals surface area (Å²) in [6.07, 6.45) is 4.61. The second-order valence-electron chi connectivity index (χ2n) is 4.17. The van der Waals surface area contributed by atoms with Crippen molar-refractivity contribution in [3.63, 3.8) is 0 Å². The molecule has 0 radical (unpaired) electrons. The summed E-state index contributed by atoms with van der Waals surface area (Å²) in [7, 11) is -3.60. The van der Waals surface area contributed by atoms with Crippen molar-refractivity contribution < 1.29 is 13.5 Å². The number of hydrogen-bond acceptors (Lipinski definition) is 4. The Morgan fingerprint density at radius 1 is 1.50 bits per heavy atom. The topological polar surface area (TPSA) is 95.1 Å². The Labute approximate surface area is 94.1 Å². The van der Waals surface area contributed by atoms with Crippen LogP contribution in [-0.2, 0) is 10.0 Å². The predicted molar refractivity (Wildman–Crippen MR) is 57.2 cm³/mol. The third-order valence-corrected chi connectivity index (χ3v) is 4.49. The number of aromatic nitrogens is 2. The molecule has 90 valence electrons. The smallest absolute Gasteiger partial charge is 0.258 e. The fourth-order valence-corrected chi connectivity index (χ4v) is 3.44. The van der Waals surface area contributed by atoms with Crippen LogP contribution in [0, 0.1) is 0 Å². The molecule has 0 unspecified atom stereocenters. The minimum absolute atomic E-state index is 0.0345. The molecule has 6 nitrogen and oxygen atoms in total. The number of rotatable bonds is 4. The molecule has 0 atom stereocenters. The van der Waals surface area contributed by atoms with Gasteiger partial charge in [-0.3, -0.25) is 5.10 Å². The number of hydrogen-bond donors (Lipinski definition) is 3. The van der Waals surface area contributed by atoms with Crippen molar-refractivity contribution in [1.29, 1.82) is 0 Å². The van der Waals surface area contributed by atoms with Gasteiger partial charge in [0.15, 0.2) is 5.03 Å². The Hall–Kier alpha value is -0.920. The molecule has 1 aromatic heterocycles. The molecular weight excluding hydrogens is 230 g/mol. The lowest BCUT2D eigenvalue weighted by Crippen LogP contribution is -2.49. The number of aliphatic hydroxyl groups is 1. The number of H-pyrrole nitrogens is 1. The van der Waals surface area contributed by atoms with Gasteiger partial charge in [0.1, 0.15) is 0 Å². The zero-order valence-corrected chi connectivity index (χ0v) is 9.63. The van der Waals surface area contributed by atoms with Gasteiger partial charge in [-0.05, 0) is 18.9 Å². The van der Waals surface area contributed by atoms with E-state index < -0.39 is 15.6 Å². The van der Waals surface area contributed by atoms with Gasteiger partial charge in [-0.15, -0.1) is 0 Å². The van der Waals surface area contributed by atoms with Crippen molar-refractivity contribution in [1.82, 2.24) is 14.9 Å². The molecule has 16 heavy (non-hydrogen) atoms. The van der Waals surface area contributed by atoms with Crippen LogP contribution in [0.3, 0.4) is 0 Å². The molecule has 0 spiro atoms. The lowest BCUT2D eigenvalue weighted by molar-refractivity contribution is 0.185. The van der Waals surface area contributed by atoms with Crippen LogP contribution in [0.2, 0.25) is 0 Å². The number of nitrogens with zero attached hydrogens (tertiary/aromatic N) is 1. The van der Waals surface area contributed by atoms with Crippen LogP contribution < -0.4 is 4.72 Å². The summed E-state index contributed by atoms with van der Waals surface area (Å²) in [4.78, 5) is 0. The first kappa shape index (κ1) is 11.6. The van der Waals surface area contributed by atoms with Crippen LogP contribution >= 0.6 is 0 Å². The van der Waals surface area contributed by atoms with Gasteiger partial charge in [0.25, 0.3) is 10.0 Å². The fraction of sp³-hybridized carbons (Fsp3) is 0.667. The molecule has 1 aliphatic carbocycles. The standard InChI is InChI=1S/C9H15N3O3S/c13-7-9(4-1-2-5-9)12-16(14,15)8-3-6-10-11-8/h3,6,12-13H,1-2,4-5,7H2,(H,10,11). The van der Waals surface area contributed by atoms with Crippen LogP contribution in [-0.4, -0.2) is 35.9 Å². The van der Waals surface area contributed by atoms with Crippen molar-refractivity contribution in [2.45, 2.75) is 36.2 Å². The number of sulfonamides is 1. The lowest BCUT2D eigenvalue weighted by atomic mass is 10.0. The van der Waals surface area contributed by atoms with Crippen molar-refractivity contribution in [3.05, 3.63) is 12.3 Å². The SMILES string of the molecule is O=S(=O)(NC1(CO)CCCC1)c1ccn[nH]1. The zero-order chi connectivity index (χ0) is 11.6. The van der Waals surface area contributed by atoms with Gasteiger partial charge in [0, 0.05) is 0 Å². The van der Waals surface area contributed by atoms with E-state index in [4.69, 9.17) is 0 Å². The third kappa shape index (κ3) is 2.11. The quantitative estimate of drug-likeness (QED) is 0.695. The first-order valence-corrected chi connectivity index (χ1v) is 6.71. The van der Waals surface area contributed by atoms with Crippen LogP contribution in [0.1, 0.15) is 25.7 Å². The first-order valence-electron chi connectivity index (χ1n) is 5.22. The Morgan fingerprint density at radius 3 is 2.69 bits per heavy atom. The molecule has 3 N–H and O–H groups in total. The van der Waals surface area contributed by atoms with Crippen LogP contribution in [0.4, 0.5) is 0 Å². The highest BCUT2D eigenvalue weighted by atomic mass is 32.2. The summed E-state index contributed by atoms with van der Waals surface area (Å²) in [6, 6.07) is 1.39. The first-order chi connectivity index (χ1) is 7.58. The molecule has 0 aromatic carbocycles. The maximum atomic E-state index is 11.9. The molecule has 2 rings (SSSR count). The van der Waals surface area contributed by atoms with E-state index in [9.17, 15) is 13.5 Å². The van der Waals surface area contributed by atoms with Crippen molar-refractivity contribution in [2.24, 2.45) is 0 Å². The van der Waals surface area contributed by atoms with Gasteiger partial charge in [-0.1, -0.05) is 12.8 Å². The van der Waals surface area contributed by atoms with Crippen LogP contribution in [0.25, 0.3) is 0 Å². The molecule has 0 aliphatic heterocycles. The average Bonchev–Trinajstić information content (AvgIpc) is 2.87. The second-order valence-corrected chi connectivity index (χ2v) is 5.82. The van der Waals surface area contributed by atoms with E-state index in [1.54, 1.807) is 0 Å². The summed E-state index contributed by atoms with van der Waals surface area (Å²) in [6.45, 7) is -0.166. The average molecular weight is 245 g/mol. The van der Waals surface area contributed by atoms with E-state index in [2.05, 4.69) is 14.9 Å². The van der Waals surface area contributed by atoms with Gasteiger partial charge >= 0.3 is 0 Å². The number of aromatic amines is 1. The van der Waals surface area contributed by atoms with Crippen LogP contribution in [0.15, 0.2) is 17.3 Å². The van der Waals surface area contributed by atoms with E-state index in [0.29, 0.717) is 12.8 Å². The summed E-state index contributed by atoms with van der Waals surface area (Å²) < 4.78 is 26.4. The minimum atomic E-state index is -3.60. The molecule has 0 saturated heterocycles. The monoisotopic (exact) mass is 245 g/mol. The largest absolute Gasteiger partial charge is 0.394 e. The van der Waals surface area contributed by atoms with Gasteiger partial charge in [-0.25, -0.2) is 13.1 Å². The fourth-order valence-electron chi connectivity index (χ4n) is 2.08. The summed E-state index contributed by atoms with van der Waals surface area (Å²) in [5.41, 5.74) is -0.691. The third-order valence-electron chi connectivity index (χ3n) is 2.98. The highest BCUT2D eigenvalue weighted by Crippen LogP contribution is 2.30. The highest BCUT2D eigenvalue weighted by Gasteiger charge is 2.37. The lowest BCUT2D eigenvalue weighted by Gasteiger charge is -2.26. The van der Waals surface area contributed by atoms with E-state index in [0.717, 1.165) is 12.8 Å². The minimum Gasteiger partial charge on any atom is -0.394 e. The molecule has 1 heterocycles. The Balaban J connectivity index is 2.20. The Kier molecular flexibility index (Phi) is 3.00. The maximum Gasteiger partial charge on any atom is 0.258 e. The highest BCUT2D eigenvalue weighted by molar-refractivity contribution is 7.89. The normalized spacial score (nSPS) is 20.1. The van der Waals surface area contributed by atoms with E-state index in [-0.39, 0.29) is 11.6 Å². The predicted octanol–water partition coefficient (Wildman–Crippen LogP) is -0.00690. The van der Waals surface area contributed by atoms with E-state index in [1.165, 1.54) is 12.3 Å². The van der Waals surface area contributed by atoms with Crippen molar-refractivity contribution >= 4 is 10.0 Å². The molecule has 1 fully saturated rings. The van der Waals surface area contributed by atoms with Crippen molar-refractivity contribution in [3.8, 4) is 0 Å². The molecule has 1 aliphatic rings. The van der Waals surface area contributed by atoms with Crippen LogP contribution in [0.5, 0.6) is 0 Å². The Morgan fingerprint density at radius 2 is 2.19 bits per heavy atom. The summed E-state index contributed by atoms with van der Waals surface area (Å²) in [5.74, 6) is 0. The Bertz CT molecular complexity index is 435. The summed E-state index contributed by atoms with van der Waals surface area (Å²) in [5, 5.41) is 15.4. The van der Waals surface area contributed by atoms with Gasteiger partial charge in [0.05, 0.1) is 18.3 Å². The maximum absolute atomic E-state index is 11.9. The number of nitrogens with one attached hydrogen (secondary N) is 2. The summed E-state index contributed by atoms with van der Waals surface area (Å²) >= 11 is 0. The van der Waals surface area contributed by atoms with E-state index >= 15 is 0 Å². The van der Waals surface area contributed by atoms with Crippen molar-refractivity contribution in [2.75, 3.05) is 6.61 Å². The molecule has 0 bridgehead atoms. The zero-order valence-electron chi connectivity index (χ0n) is 8.81. The molecule has 1 aromatic rings. The molecule has 7 heteroatoms. The molecule has 1 saturated carbocycles. The second kappa shape index (κ2) is 4.15. The molecular formula is C9H15N3O3S. The van der Waals surface area contributed by atoms with Gasteiger partial charge < -0.3 is 5.11 Å². The van der Waals surface area contributed by atoms with Gasteiger partial charge in [-0.2, -0.15) is 5.10 Å². The number of aliphatic hydroxyl groups excluding tert-OH is 1. The van der Waals surface area contributed by atoms with E-state index in [1.807, 2.05) is 0 Å².